The Labute approximate surface area is 199 Å². The van der Waals surface area contributed by atoms with Crippen LogP contribution in [0.25, 0.3) is 10.2 Å². The Morgan fingerprint density at radius 1 is 1.00 bits per heavy atom. The molecule has 1 aromatic heterocycles. The van der Waals surface area contributed by atoms with Crippen molar-refractivity contribution in [3.05, 3.63) is 101 Å². The fourth-order valence-electron chi connectivity index (χ4n) is 3.92. The number of alkyl halides is 3. The summed E-state index contributed by atoms with van der Waals surface area (Å²) in [4.78, 5) is 17.1. The van der Waals surface area contributed by atoms with Crippen molar-refractivity contribution < 1.29 is 18.0 Å². The number of nitrogens with zero attached hydrogens (tertiary/aromatic N) is 1. The van der Waals surface area contributed by atoms with Gasteiger partial charge in [-0.1, -0.05) is 48.5 Å². The zero-order valence-electron chi connectivity index (χ0n) is 18.5. The molecule has 2 atom stereocenters. The highest BCUT2D eigenvalue weighted by molar-refractivity contribution is 7.16. The molecule has 4 aromatic rings. The molecule has 8 heteroatoms. The molecule has 1 unspecified atom stereocenters. The quantitative estimate of drug-likeness (QED) is 0.320. The number of nitrogens with one attached hydrogen (secondary N) is 2. The fraction of sp³-hybridized carbons (Fsp3) is 0.231. The monoisotopic (exact) mass is 483 g/mol. The van der Waals surface area contributed by atoms with E-state index in [0.29, 0.717) is 12.8 Å². The zero-order chi connectivity index (χ0) is 24.1. The molecule has 0 saturated heterocycles. The number of likely N-dealkylation sites (N-methyl/N-ethyl adjacent to an activating group) is 1. The molecule has 0 bridgehead atoms. The minimum Gasteiger partial charge on any atom is -0.358 e. The van der Waals surface area contributed by atoms with Gasteiger partial charge < -0.3 is 5.32 Å². The lowest BCUT2D eigenvalue weighted by molar-refractivity contribution is -0.137. The second kappa shape index (κ2) is 10.4. The Morgan fingerprint density at radius 3 is 2.41 bits per heavy atom. The predicted octanol–water partition coefficient (Wildman–Crippen LogP) is 6.07. The van der Waals surface area contributed by atoms with E-state index in [9.17, 15) is 18.0 Å². The summed E-state index contributed by atoms with van der Waals surface area (Å²) in [5.74, 6) is -0.162. The van der Waals surface area contributed by atoms with E-state index in [-0.39, 0.29) is 11.9 Å². The summed E-state index contributed by atoms with van der Waals surface area (Å²) < 4.78 is 39.8. The van der Waals surface area contributed by atoms with Gasteiger partial charge in [-0.15, -0.1) is 11.3 Å². The minimum atomic E-state index is -4.36. The van der Waals surface area contributed by atoms with Gasteiger partial charge in [-0.3, -0.25) is 10.1 Å². The number of hydrogen-bond donors (Lipinski definition) is 2. The molecule has 2 N–H and O–H groups in total. The minimum absolute atomic E-state index is 0.162. The van der Waals surface area contributed by atoms with Crippen molar-refractivity contribution in [1.82, 2.24) is 15.6 Å². The molecule has 3 aromatic carbocycles. The maximum absolute atomic E-state index is 12.9. The van der Waals surface area contributed by atoms with Crippen LogP contribution in [0.5, 0.6) is 0 Å². The van der Waals surface area contributed by atoms with Gasteiger partial charge in [0, 0.05) is 13.1 Å². The second-order valence-corrected chi connectivity index (χ2v) is 8.88. The largest absolute Gasteiger partial charge is 0.416 e. The molecule has 0 saturated carbocycles. The van der Waals surface area contributed by atoms with Crippen LogP contribution in [0, 0.1) is 0 Å². The van der Waals surface area contributed by atoms with Crippen molar-refractivity contribution in [1.29, 1.82) is 0 Å². The highest BCUT2D eigenvalue weighted by Crippen LogP contribution is 2.31. The first-order valence-corrected chi connectivity index (χ1v) is 11.7. The Morgan fingerprint density at radius 2 is 1.74 bits per heavy atom. The number of aryl methyl sites for hydroxylation is 1. The van der Waals surface area contributed by atoms with Gasteiger partial charge in [-0.2, -0.15) is 13.2 Å². The summed E-state index contributed by atoms with van der Waals surface area (Å²) in [5.41, 5.74) is 4.66. The van der Waals surface area contributed by atoms with E-state index >= 15 is 0 Å². The molecule has 34 heavy (non-hydrogen) atoms. The van der Waals surface area contributed by atoms with Crippen LogP contribution in [-0.4, -0.2) is 17.9 Å². The number of halogens is 3. The number of fused-ring (bicyclic) bond motifs is 1. The van der Waals surface area contributed by atoms with E-state index < -0.39 is 17.8 Å². The number of aromatic nitrogens is 1. The molecule has 1 heterocycles. The van der Waals surface area contributed by atoms with Crippen LogP contribution in [0.1, 0.15) is 40.8 Å². The number of amides is 1. The normalized spacial score (nSPS) is 13.5. The molecule has 4 nitrogen and oxygen atoms in total. The summed E-state index contributed by atoms with van der Waals surface area (Å²) in [7, 11) is 1.60. The number of benzene rings is 3. The van der Waals surface area contributed by atoms with Crippen LogP contribution < -0.4 is 10.6 Å². The Bertz CT molecular complexity index is 1240. The summed E-state index contributed by atoms with van der Waals surface area (Å²) in [6.07, 6.45) is -3.22. The first-order valence-electron chi connectivity index (χ1n) is 10.9. The van der Waals surface area contributed by atoms with E-state index in [1.54, 1.807) is 12.6 Å². The number of thiazole rings is 1. The Hall–Kier alpha value is -3.23. The van der Waals surface area contributed by atoms with Gasteiger partial charge in [0.15, 0.2) is 0 Å². The third kappa shape index (κ3) is 5.63. The third-order valence-corrected chi connectivity index (χ3v) is 6.56. The average molecular weight is 484 g/mol. The summed E-state index contributed by atoms with van der Waals surface area (Å²) in [6, 6.07) is 19.9. The molecule has 0 aliphatic heterocycles. The number of hydrogen-bond acceptors (Lipinski definition) is 4. The lowest BCUT2D eigenvalue weighted by atomic mass is 9.96. The van der Waals surface area contributed by atoms with Gasteiger partial charge in [0.05, 0.1) is 21.3 Å². The fourth-order valence-corrected chi connectivity index (χ4v) is 4.65. The van der Waals surface area contributed by atoms with E-state index in [2.05, 4.69) is 21.7 Å². The third-order valence-electron chi connectivity index (χ3n) is 5.77. The maximum Gasteiger partial charge on any atom is 0.416 e. The lowest BCUT2D eigenvalue weighted by Crippen LogP contribution is -2.38. The topological polar surface area (TPSA) is 54.0 Å². The van der Waals surface area contributed by atoms with Crippen molar-refractivity contribution in [2.24, 2.45) is 0 Å². The smallest absolute Gasteiger partial charge is 0.358 e. The van der Waals surface area contributed by atoms with Crippen molar-refractivity contribution in [2.45, 2.75) is 31.1 Å². The van der Waals surface area contributed by atoms with Crippen molar-refractivity contribution in [3.8, 4) is 0 Å². The van der Waals surface area contributed by atoms with E-state index in [1.165, 1.54) is 23.5 Å². The van der Waals surface area contributed by atoms with Crippen molar-refractivity contribution >= 4 is 27.5 Å². The SMILES string of the molecule is CNC(=O)C(N[C@@H](CCc1ccc(C(F)(F)F)cc1)c1ccc2ncsc2c1)c1ccccc1. The Kier molecular flexibility index (Phi) is 7.29. The molecule has 0 aliphatic rings. The molecule has 176 valence electrons. The highest BCUT2D eigenvalue weighted by Gasteiger charge is 2.30. The van der Waals surface area contributed by atoms with E-state index in [0.717, 1.165) is 39.0 Å². The van der Waals surface area contributed by atoms with Crippen LogP contribution in [0.2, 0.25) is 0 Å². The van der Waals surface area contributed by atoms with Crippen molar-refractivity contribution in [3.63, 3.8) is 0 Å². The van der Waals surface area contributed by atoms with Gasteiger partial charge in [0.2, 0.25) is 5.91 Å². The predicted molar refractivity (Wildman–Crippen MR) is 129 cm³/mol. The van der Waals surface area contributed by atoms with Gasteiger partial charge in [-0.05, 0) is 53.8 Å². The molecule has 0 aliphatic carbocycles. The summed E-state index contributed by atoms with van der Waals surface area (Å²) in [6.45, 7) is 0. The van der Waals surface area contributed by atoms with Gasteiger partial charge >= 0.3 is 6.18 Å². The van der Waals surface area contributed by atoms with Crippen LogP contribution in [0.4, 0.5) is 13.2 Å². The second-order valence-electron chi connectivity index (χ2n) is 7.99. The molecular weight excluding hydrogens is 459 g/mol. The zero-order valence-corrected chi connectivity index (χ0v) is 19.3. The summed E-state index contributed by atoms with van der Waals surface area (Å²) in [5, 5.41) is 6.22. The number of carbonyl (C=O) groups excluding carboxylic acids is 1. The molecule has 0 radical (unpaired) electrons. The van der Waals surface area contributed by atoms with Gasteiger partial charge in [0.1, 0.15) is 6.04 Å². The maximum atomic E-state index is 12.9. The Balaban J connectivity index is 1.61. The van der Waals surface area contributed by atoms with Gasteiger partial charge in [-0.25, -0.2) is 4.98 Å². The molecule has 0 spiro atoms. The van der Waals surface area contributed by atoms with Crippen LogP contribution >= 0.6 is 11.3 Å². The van der Waals surface area contributed by atoms with Crippen LogP contribution in [0.15, 0.2) is 78.3 Å². The average Bonchev–Trinajstić information content (AvgIpc) is 3.32. The molecule has 0 fully saturated rings. The first-order chi connectivity index (χ1) is 16.3. The number of rotatable bonds is 8. The molecule has 4 rings (SSSR count). The molecular formula is C26H24F3N3OS. The van der Waals surface area contributed by atoms with E-state index in [4.69, 9.17) is 0 Å². The molecule has 1 amide bonds. The first kappa shape index (κ1) is 23.9. The highest BCUT2D eigenvalue weighted by atomic mass is 32.1. The van der Waals surface area contributed by atoms with Crippen molar-refractivity contribution in [2.75, 3.05) is 7.05 Å². The van der Waals surface area contributed by atoms with Gasteiger partial charge in [0.25, 0.3) is 0 Å². The van der Waals surface area contributed by atoms with Crippen LogP contribution in [-0.2, 0) is 17.4 Å². The summed E-state index contributed by atoms with van der Waals surface area (Å²) >= 11 is 1.54. The van der Waals surface area contributed by atoms with Crippen LogP contribution in [0.3, 0.4) is 0 Å². The number of carbonyl (C=O) groups is 1. The standard InChI is InChI=1S/C26H24F3N3OS/c1-30-25(33)24(18-5-3-2-4-6-18)32-21(19-10-14-22-23(15-19)34-16-31-22)13-9-17-7-11-20(12-8-17)26(27,28)29/h2-8,10-12,14-16,21,24,32H,9,13H2,1H3,(H,30,33)/t21-,24?/m0/s1. The van der Waals surface area contributed by atoms with E-state index in [1.807, 2.05) is 42.5 Å². The lowest BCUT2D eigenvalue weighted by Gasteiger charge is -2.26.